The monoisotopic (exact) mass is 229 g/mol. The van der Waals surface area contributed by atoms with Crippen molar-refractivity contribution in [3.8, 4) is 0 Å². The van der Waals surface area contributed by atoms with E-state index in [0.29, 0.717) is 0 Å². The van der Waals surface area contributed by atoms with Gasteiger partial charge >= 0.3 is 0 Å². The molecule has 90 valence electrons. The largest absolute Gasteiger partial charge is 0.467 e. The predicted octanol–water partition coefficient (Wildman–Crippen LogP) is 3.56. The summed E-state index contributed by atoms with van der Waals surface area (Å²) in [6.45, 7) is 8.34. The van der Waals surface area contributed by atoms with E-state index in [0.717, 1.165) is 11.3 Å². The highest BCUT2D eigenvalue weighted by atomic mass is 16.3. The molecule has 1 aromatic heterocycles. The third kappa shape index (κ3) is 2.13. The van der Waals surface area contributed by atoms with Crippen molar-refractivity contribution in [2.75, 3.05) is 0 Å². The molecule has 0 saturated carbocycles. The normalized spacial score (nSPS) is 12.8. The molecule has 0 spiro atoms. The highest BCUT2D eigenvalue weighted by Gasteiger charge is 2.18. The van der Waals surface area contributed by atoms with E-state index < -0.39 is 0 Å². The maximum atomic E-state index is 6.32. The van der Waals surface area contributed by atoms with Crippen molar-refractivity contribution in [3.63, 3.8) is 0 Å². The van der Waals surface area contributed by atoms with Crippen LogP contribution in [0.1, 0.15) is 39.6 Å². The van der Waals surface area contributed by atoms with Crippen molar-refractivity contribution in [2.45, 2.75) is 33.7 Å². The lowest BCUT2D eigenvalue weighted by atomic mass is 9.92. The first-order valence-corrected chi connectivity index (χ1v) is 5.88. The molecule has 0 radical (unpaired) electrons. The Balaban J connectivity index is 2.51. The van der Waals surface area contributed by atoms with E-state index in [9.17, 15) is 0 Å². The fourth-order valence-corrected chi connectivity index (χ4v) is 2.52. The van der Waals surface area contributed by atoms with Gasteiger partial charge in [-0.05, 0) is 56.0 Å². The van der Waals surface area contributed by atoms with Gasteiger partial charge in [-0.25, -0.2) is 0 Å². The van der Waals surface area contributed by atoms with Gasteiger partial charge in [0, 0.05) is 0 Å². The Bertz CT molecular complexity index is 517. The van der Waals surface area contributed by atoms with Crippen LogP contribution in [0.4, 0.5) is 0 Å². The molecule has 0 fully saturated rings. The fourth-order valence-electron chi connectivity index (χ4n) is 2.52. The molecule has 2 aromatic rings. The molecule has 0 amide bonds. The SMILES string of the molecule is Cc1cc(C)c(C(N)c2occc2C)c(C)c1. The van der Waals surface area contributed by atoms with Gasteiger partial charge in [-0.2, -0.15) is 0 Å². The second-order valence-electron chi connectivity index (χ2n) is 4.76. The molecule has 1 unspecified atom stereocenters. The van der Waals surface area contributed by atoms with E-state index in [4.69, 9.17) is 10.2 Å². The van der Waals surface area contributed by atoms with E-state index in [2.05, 4.69) is 32.9 Å². The molecule has 2 nitrogen and oxygen atoms in total. The second-order valence-corrected chi connectivity index (χ2v) is 4.76. The second kappa shape index (κ2) is 4.38. The number of aryl methyl sites for hydroxylation is 4. The van der Waals surface area contributed by atoms with Crippen LogP contribution in [-0.2, 0) is 0 Å². The Kier molecular flexibility index (Phi) is 3.07. The zero-order valence-corrected chi connectivity index (χ0v) is 10.9. The van der Waals surface area contributed by atoms with Crippen LogP contribution in [0.5, 0.6) is 0 Å². The molecule has 0 bridgehead atoms. The third-order valence-corrected chi connectivity index (χ3v) is 3.23. The summed E-state index contributed by atoms with van der Waals surface area (Å²) in [7, 11) is 0. The Labute approximate surface area is 102 Å². The van der Waals surface area contributed by atoms with E-state index in [1.165, 1.54) is 22.3 Å². The van der Waals surface area contributed by atoms with Crippen LogP contribution in [-0.4, -0.2) is 0 Å². The molecule has 0 aliphatic carbocycles. The van der Waals surface area contributed by atoms with Gasteiger partial charge in [-0.15, -0.1) is 0 Å². The smallest absolute Gasteiger partial charge is 0.127 e. The van der Waals surface area contributed by atoms with Crippen molar-refractivity contribution in [1.29, 1.82) is 0 Å². The molecule has 1 aromatic carbocycles. The summed E-state index contributed by atoms with van der Waals surface area (Å²) in [5, 5.41) is 0. The molecule has 2 rings (SSSR count). The van der Waals surface area contributed by atoms with Crippen LogP contribution in [0, 0.1) is 27.7 Å². The summed E-state index contributed by atoms with van der Waals surface area (Å²) >= 11 is 0. The zero-order valence-electron chi connectivity index (χ0n) is 10.9. The average molecular weight is 229 g/mol. The standard InChI is InChI=1S/C15H19NO/c1-9-7-11(3)13(12(4)8-9)14(16)15-10(2)5-6-17-15/h5-8,14H,16H2,1-4H3. The summed E-state index contributed by atoms with van der Waals surface area (Å²) in [6.07, 6.45) is 1.70. The maximum absolute atomic E-state index is 6.32. The van der Waals surface area contributed by atoms with Crippen LogP contribution in [0.3, 0.4) is 0 Å². The third-order valence-electron chi connectivity index (χ3n) is 3.23. The van der Waals surface area contributed by atoms with Crippen LogP contribution in [0.15, 0.2) is 28.9 Å². The molecule has 1 atom stereocenters. The Morgan fingerprint density at radius 2 is 1.59 bits per heavy atom. The van der Waals surface area contributed by atoms with Gasteiger partial charge in [0.1, 0.15) is 5.76 Å². The number of hydrogen-bond acceptors (Lipinski definition) is 2. The molecule has 1 heterocycles. The highest BCUT2D eigenvalue weighted by molar-refractivity contribution is 5.43. The number of furan rings is 1. The Morgan fingerprint density at radius 3 is 2.06 bits per heavy atom. The van der Waals surface area contributed by atoms with Crippen molar-refractivity contribution >= 4 is 0 Å². The van der Waals surface area contributed by atoms with E-state index >= 15 is 0 Å². The van der Waals surface area contributed by atoms with Crippen molar-refractivity contribution in [2.24, 2.45) is 5.73 Å². The van der Waals surface area contributed by atoms with Gasteiger partial charge in [-0.3, -0.25) is 0 Å². The van der Waals surface area contributed by atoms with Crippen LogP contribution in [0.2, 0.25) is 0 Å². The first-order chi connectivity index (χ1) is 8.00. The molecule has 2 heteroatoms. The Hall–Kier alpha value is -1.54. The number of benzene rings is 1. The van der Waals surface area contributed by atoms with E-state index in [-0.39, 0.29) is 6.04 Å². The van der Waals surface area contributed by atoms with Crippen molar-refractivity contribution in [1.82, 2.24) is 0 Å². The minimum atomic E-state index is -0.175. The fraction of sp³-hybridized carbons (Fsp3) is 0.333. The van der Waals surface area contributed by atoms with Gasteiger partial charge in [0.25, 0.3) is 0 Å². The molecular weight excluding hydrogens is 210 g/mol. The van der Waals surface area contributed by atoms with Crippen molar-refractivity contribution in [3.05, 3.63) is 58.0 Å². The highest BCUT2D eigenvalue weighted by Crippen LogP contribution is 2.29. The first-order valence-electron chi connectivity index (χ1n) is 5.88. The van der Waals surface area contributed by atoms with Gasteiger partial charge in [0.15, 0.2) is 0 Å². The number of hydrogen-bond donors (Lipinski definition) is 1. The molecule has 2 N–H and O–H groups in total. The van der Waals surface area contributed by atoms with Crippen molar-refractivity contribution < 1.29 is 4.42 Å². The first kappa shape index (κ1) is 11.9. The lowest BCUT2D eigenvalue weighted by Crippen LogP contribution is -2.15. The quantitative estimate of drug-likeness (QED) is 0.855. The van der Waals surface area contributed by atoms with Gasteiger partial charge in [0.2, 0.25) is 0 Å². The molecule has 17 heavy (non-hydrogen) atoms. The molecule has 0 saturated heterocycles. The van der Waals surface area contributed by atoms with Crippen LogP contribution >= 0.6 is 0 Å². The predicted molar refractivity (Wildman–Crippen MR) is 70.1 cm³/mol. The summed E-state index contributed by atoms with van der Waals surface area (Å²) < 4.78 is 5.50. The summed E-state index contributed by atoms with van der Waals surface area (Å²) in [4.78, 5) is 0. The van der Waals surface area contributed by atoms with E-state index in [1.54, 1.807) is 6.26 Å². The van der Waals surface area contributed by atoms with Crippen LogP contribution in [0.25, 0.3) is 0 Å². The number of rotatable bonds is 2. The average Bonchev–Trinajstić information content (AvgIpc) is 2.62. The minimum Gasteiger partial charge on any atom is -0.467 e. The molecular formula is C15H19NO. The maximum Gasteiger partial charge on any atom is 0.127 e. The number of nitrogens with two attached hydrogens (primary N) is 1. The van der Waals surface area contributed by atoms with Gasteiger partial charge < -0.3 is 10.2 Å². The van der Waals surface area contributed by atoms with Gasteiger partial charge in [0.05, 0.1) is 12.3 Å². The lowest BCUT2D eigenvalue weighted by molar-refractivity contribution is 0.485. The Morgan fingerprint density at radius 1 is 1.00 bits per heavy atom. The minimum absolute atomic E-state index is 0.175. The summed E-state index contributed by atoms with van der Waals surface area (Å²) in [5.41, 5.74) is 12.3. The van der Waals surface area contributed by atoms with Gasteiger partial charge in [-0.1, -0.05) is 17.7 Å². The summed E-state index contributed by atoms with van der Waals surface area (Å²) in [6, 6.07) is 6.11. The lowest BCUT2D eigenvalue weighted by Gasteiger charge is -2.17. The van der Waals surface area contributed by atoms with Crippen LogP contribution < -0.4 is 5.73 Å². The topological polar surface area (TPSA) is 39.2 Å². The zero-order chi connectivity index (χ0) is 12.6. The summed E-state index contributed by atoms with van der Waals surface area (Å²) in [5.74, 6) is 0.861. The molecule has 0 aliphatic rings. The van der Waals surface area contributed by atoms with E-state index in [1.807, 2.05) is 13.0 Å². The molecule has 0 aliphatic heterocycles.